The molecule has 1 heterocycles. The highest BCUT2D eigenvalue weighted by Crippen LogP contribution is 2.27. The van der Waals surface area contributed by atoms with Crippen LogP contribution in [0.25, 0.3) is 0 Å². The van der Waals surface area contributed by atoms with Crippen LogP contribution in [0.1, 0.15) is 46.8 Å². The van der Waals surface area contributed by atoms with Crippen LogP contribution in [0.15, 0.2) is 12.1 Å². The first-order valence-corrected chi connectivity index (χ1v) is 5.52. The van der Waals surface area contributed by atoms with Crippen LogP contribution in [0, 0.1) is 6.92 Å². The lowest BCUT2D eigenvalue weighted by molar-refractivity contribution is 0.0534. The Kier molecular flexibility index (Phi) is 2.76. The van der Waals surface area contributed by atoms with Crippen molar-refractivity contribution in [2.24, 2.45) is 0 Å². The van der Waals surface area contributed by atoms with Crippen molar-refractivity contribution in [3.05, 3.63) is 34.4 Å². The highest BCUT2D eigenvalue weighted by atomic mass is 16.5. The number of hydrogen-bond acceptors (Lipinski definition) is 2. The molecule has 2 nitrogen and oxygen atoms in total. The molecule has 0 fully saturated rings. The van der Waals surface area contributed by atoms with Gasteiger partial charge in [-0.3, -0.25) is 0 Å². The summed E-state index contributed by atoms with van der Waals surface area (Å²) in [6.07, 6.45) is 3.26. The molecule has 0 saturated carbocycles. The van der Waals surface area contributed by atoms with Gasteiger partial charge in [0.15, 0.2) is 0 Å². The molecule has 0 aromatic heterocycles. The van der Waals surface area contributed by atoms with E-state index >= 15 is 0 Å². The van der Waals surface area contributed by atoms with Gasteiger partial charge in [0.25, 0.3) is 0 Å². The second-order valence-corrected chi connectivity index (χ2v) is 4.07. The van der Waals surface area contributed by atoms with Crippen molar-refractivity contribution in [3.8, 4) is 0 Å². The predicted molar refractivity (Wildman–Crippen MR) is 58.9 cm³/mol. The van der Waals surface area contributed by atoms with Crippen LogP contribution in [-0.2, 0) is 17.8 Å². The number of benzene rings is 1. The molecule has 80 valence electrons. The molecular formula is C13H16O2. The molecule has 15 heavy (non-hydrogen) atoms. The molecular weight excluding hydrogens is 188 g/mol. The Labute approximate surface area is 90.3 Å². The predicted octanol–water partition coefficient (Wildman–Crippen LogP) is 3.01. The zero-order valence-electron chi connectivity index (χ0n) is 9.30. The van der Waals surface area contributed by atoms with Gasteiger partial charge < -0.3 is 4.74 Å². The van der Waals surface area contributed by atoms with E-state index in [0.29, 0.717) is 6.61 Å². The lowest BCUT2D eigenvalue weighted by atomic mass is 9.95. The van der Waals surface area contributed by atoms with Crippen molar-refractivity contribution in [2.45, 2.75) is 39.7 Å². The molecule has 0 atom stereocenters. The van der Waals surface area contributed by atoms with Gasteiger partial charge in [-0.25, -0.2) is 4.79 Å². The highest BCUT2D eigenvalue weighted by Gasteiger charge is 2.25. The van der Waals surface area contributed by atoms with Crippen molar-refractivity contribution in [2.75, 3.05) is 0 Å². The molecule has 0 amide bonds. The van der Waals surface area contributed by atoms with E-state index in [1.807, 2.05) is 6.92 Å². The van der Waals surface area contributed by atoms with Crippen LogP contribution in [0.4, 0.5) is 0 Å². The maximum absolute atomic E-state index is 11.6. The molecule has 2 heteroatoms. The third-order valence-electron chi connectivity index (χ3n) is 2.98. The second kappa shape index (κ2) is 4.05. The third kappa shape index (κ3) is 1.76. The van der Waals surface area contributed by atoms with E-state index in [9.17, 15) is 4.79 Å². The molecule has 0 bridgehead atoms. The largest absolute Gasteiger partial charge is 0.457 e. The van der Waals surface area contributed by atoms with E-state index in [2.05, 4.69) is 19.1 Å². The number of aryl methyl sites for hydroxylation is 2. The number of esters is 1. The average molecular weight is 204 g/mol. The Morgan fingerprint density at radius 2 is 2.20 bits per heavy atom. The first-order chi connectivity index (χ1) is 7.24. The summed E-state index contributed by atoms with van der Waals surface area (Å²) in [5.74, 6) is -0.139. The number of carbonyl (C=O) groups excluding carboxylic acids is 1. The Morgan fingerprint density at radius 1 is 1.40 bits per heavy atom. The minimum absolute atomic E-state index is 0.139. The zero-order valence-corrected chi connectivity index (χ0v) is 9.30. The van der Waals surface area contributed by atoms with Gasteiger partial charge in [-0.15, -0.1) is 0 Å². The molecule has 2 rings (SSSR count). The Balaban J connectivity index is 2.40. The van der Waals surface area contributed by atoms with Gasteiger partial charge in [-0.1, -0.05) is 25.5 Å². The summed E-state index contributed by atoms with van der Waals surface area (Å²) in [6, 6.07) is 4.15. The third-order valence-corrected chi connectivity index (χ3v) is 2.98. The fourth-order valence-electron chi connectivity index (χ4n) is 2.03. The van der Waals surface area contributed by atoms with E-state index in [0.717, 1.165) is 41.5 Å². The van der Waals surface area contributed by atoms with E-state index in [4.69, 9.17) is 4.74 Å². The first kappa shape index (κ1) is 10.2. The van der Waals surface area contributed by atoms with Crippen LogP contribution in [-0.4, -0.2) is 5.97 Å². The number of rotatable bonds is 3. The molecule has 0 radical (unpaired) electrons. The van der Waals surface area contributed by atoms with Crippen molar-refractivity contribution in [3.63, 3.8) is 0 Å². The van der Waals surface area contributed by atoms with E-state index in [-0.39, 0.29) is 5.97 Å². The molecule has 1 aromatic carbocycles. The monoisotopic (exact) mass is 204 g/mol. The maximum Gasteiger partial charge on any atom is 0.339 e. The molecule has 1 aromatic rings. The summed E-state index contributed by atoms with van der Waals surface area (Å²) < 4.78 is 5.09. The van der Waals surface area contributed by atoms with Gasteiger partial charge >= 0.3 is 5.97 Å². The summed E-state index contributed by atoms with van der Waals surface area (Å²) >= 11 is 0. The zero-order chi connectivity index (χ0) is 10.8. The Bertz CT molecular complexity index is 394. The van der Waals surface area contributed by atoms with Gasteiger partial charge in [0.05, 0.1) is 5.56 Å². The smallest absolute Gasteiger partial charge is 0.339 e. The van der Waals surface area contributed by atoms with Crippen LogP contribution < -0.4 is 0 Å². The standard InChI is InChI=1S/C13H16O2/c1-3-4-5-10-7-6-9(2)11-8-15-13(14)12(10)11/h6-7H,3-5,8H2,1-2H3. The topological polar surface area (TPSA) is 26.3 Å². The van der Waals surface area contributed by atoms with Crippen LogP contribution >= 0.6 is 0 Å². The minimum Gasteiger partial charge on any atom is -0.457 e. The Morgan fingerprint density at radius 3 is 2.93 bits per heavy atom. The van der Waals surface area contributed by atoms with Gasteiger partial charge in [0.2, 0.25) is 0 Å². The fourth-order valence-corrected chi connectivity index (χ4v) is 2.03. The second-order valence-electron chi connectivity index (χ2n) is 4.07. The number of ether oxygens (including phenoxy) is 1. The lowest BCUT2D eigenvalue weighted by Crippen LogP contribution is -2.01. The molecule has 0 spiro atoms. The summed E-state index contributed by atoms with van der Waals surface area (Å²) in [7, 11) is 0. The highest BCUT2D eigenvalue weighted by molar-refractivity contribution is 5.95. The van der Waals surface area contributed by atoms with Crippen molar-refractivity contribution in [1.29, 1.82) is 0 Å². The molecule has 0 unspecified atom stereocenters. The fraction of sp³-hybridized carbons (Fsp3) is 0.462. The normalized spacial score (nSPS) is 13.9. The minimum atomic E-state index is -0.139. The molecule has 1 aliphatic heterocycles. The summed E-state index contributed by atoms with van der Waals surface area (Å²) in [4.78, 5) is 11.6. The number of carbonyl (C=O) groups is 1. The van der Waals surface area contributed by atoms with Gasteiger partial charge in [-0.05, 0) is 30.9 Å². The SMILES string of the molecule is CCCCc1ccc(C)c2c1C(=O)OC2. The quantitative estimate of drug-likeness (QED) is 0.707. The van der Waals surface area contributed by atoms with Crippen LogP contribution in [0.3, 0.4) is 0 Å². The number of hydrogen-bond donors (Lipinski definition) is 0. The summed E-state index contributed by atoms with van der Waals surface area (Å²) in [5, 5.41) is 0. The van der Waals surface area contributed by atoms with Crippen molar-refractivity contribution >= 4 is 5.97 Å². The van der Waals surface area contributed by atoms with Gasteiger partial charge in [0, 0.05) is 5.56 Å². The number of cyclic esters (lactones) is 1. The number of fused-ring (bicyclic) bond motifs is 1. The average Bonchev–Trinajstić information content (AvgIpc) is 2.61. The van der Waals surface area contributed by atoms with Crippen molar-refractivity contribution in [1.82, 2.24) is 0 Å². The summed E-state index contributed by atoms with van der Waals surface area (Å²) in [5.41, 5.74) is 4.24. The van der Waals surface area contributed by atoms with Gasteiger partial charge in [0.1, 0.15) is 6.61 Å². The van der Waals surface area contributed by atoms with Gasteiger partial charge in [-0.2, -0.15) is 0 Å². The molecule has 1 aliphatic rings. The number of unbranched alkanes of at least 4 members (excludes halogenated alkanes) is 1. The molecule has 0 aliphatic carbocycles. The maximum atomic E-state index is 11.6. The van der Waals surface area contributed by atoms with Crippen LogP contribution in [0.5, 0.6) is 0 Å². The van der Waals surface area contributed by atoms with E-state index < -0.39 is 0 Å². The first-order valence-electron chi connectivity index (χ1n) is 5.52. The van der Waals surface area contributed by atoms with Crippen LogP contribution in [0.2, 0.25) is 0 Å². The lowest BCUT2D eigenvalue weighted by Gasteiger charge is -2.06. The van der Waals surface area contributed by atoms with E-state index in [1.165, 1.54) is 0 Å². The van der Waals surface area contributed by atoms with E-state index in [1.54, 1.807) is 0 Å². The van der Waals surface area contributed by atoms with Crippen molar-refractivity contribution < 1.29 is 9.53 Å². The molecule has 0 saturated heterocycles. The summed E-state index contributed by atoms with van der Waals surface area (Å²) in [6.45, 7) is 4.65. The Hall–Kier alpha value is -1.31. The molecule has 0 N–H and O–H groups in total.